The number of carbonyl (C=O) groups excluding carboxylic acids is 1. The third-order valence-corrected chi connectivity index (χ3v) is 5.48. The molecule has 0 unspecified atom stereocenters. The summed E-state index contributed by atoms with van der Waals surface area (Å²) in [5, 5.41) is 12.5. The van der Waals surface area contributed by atoms with Crippen molar-refractivity contribution in [2.45, 2.75) is 20.4 Å². The van der Waals surface area contributed by atoms with Gasteiger partial charge in [0.25, 0.3) is 5.91 Å². The van der Waals surface area contributed by atoms with Crippen molar-refractivity contribution in [3.63, 3.8) is 0 Å². The molecule has 0 radical (unpaired) electrons. The number of para-hydroxylation sites is 1. The SMILES string of the molecule is CCN(CC)CCOc1ccccc1CNC(=O)c1ccccc1-c1ccccc1C#N. The molecule has 5 heteroatoms. The highest BCUT2D eigenvalue weighted by atomic mass is 16.5. The zero-order valence-electron chi connectivity index (χ0n) is 18.7. The van der Waals surface area contributed by atoms with Gasteiger partial charge in [-0.1, -0.05) is 68.4 Å². The predicted octanol–water partition coefficient (Wildman–Crippen LogP) is 4.88. The quantitative estimate of drug-likeness (QED) is 0.501. The molecule has 0 saturated carbocycles. The number of hydrogen-bond acceptors (Lipinski definition) is 4. The zero-order valence-corrected chi connectivity index (χ0v) is 18.7. The lowest BCUT2D eigenvalue weighted by molar-refractivity contribution is 0.0951. The van der Waals surface area contributed by atoms with E-state index in [0.29, 0.717) is 24.3 Å². The Hall–Kier alpha value is -3.62. The Morgan fingerprint density at radius 2 is 1.59 bits per heavy atom. The molecule has 32 heavy (non-hydrogen) atoms. The van der Waals surface area contributed by atoms with Crippen molar-refractivity contribution in [3.05, 3.63) is 89.5 Å². The van der Waals surface area contributed by atoms with Gasteiger partial charge in [0.05, 0.1) is 11.6 Å². The third-order valence-electron chi connectivity index (χ3n) is 5.48. The van der Waals surface area contributed by atoms with Crippen LogP contribution in [-0.4, -0.2) is 37.0 Å². The van der Waals surface area contributed by atoms with Crippen molar-refractivity contribution < 1.29 is 9.53 Å². The predicted molar refractivity (Wildman–Crippen MR) is 127 cm³/mol. The van der Waals surface area contributed by atoms with Crippen molar-refractivity contribution in [3.8, 4) is 22.9 Å². The van der Waals surface area contributed by atoms with Crippen molar-refractivity contribution >= 4 is 5.91 Å². The average molecular weight is 428 g/mol. The van der Waals surface area contributed by atoms with Crippen LogP contribution in [0.4, 0.5) is 0 Å². The van der Waals surface area contributed by atoms with E-state index in [2.05, 4.69) is 30.1 Å². The van der Waals surface area contributed by atoms with Gasteiger partial charge >= 0.3 is 0 Å². The fourth-order valence-electron chi connectivity index (χ4n) is 3.62. The largest absolute Gasteiger partial charge is 0.492 e. The molecule has 3 aromatic rings. The normalized spacial score (nSPS) is 10.6. The van der Waals surface area contributed by atoms with Crippen LogP contribution in [0.2, 0.25) is 0 Å². The van der Waals surface area contributed by atoms with Gasteiger partial charge in [-0.15, -0.1) is 0 Å². The number of rotatable bonds is 10. The summed E-state index contributed by atoms with van der Waals surface area (Å²) < 4.78 is 6.00. The Labute approximate surface area is 190 Å². The molecule has 0 atom stereocenters. The molecule has 0 aliphatic carbocycles. The minimum absolute atomic E-state index is 0.189. The third kappa shape index (κ3) is 5.75. The minimum Gasteiger partial charge on any atom is -0.492 e. The first-order chi connectivity index (χ1) is 15.7. The van der Waals surface area contributed by atoms with Crippen LogP contribution in [0.5, 0.6) is 5.75 Å². The number of benzene rings is 3. The molecule has 0 heterocycles. The van der Waals surface area contributed by atoms with Gasteiger partial charge in [-0.3, -0.25) is 4.79 Å². The van der Waals surface area contributed by atoms with Crippen LogP contribution in [0.15, 0.2) is 72.8 Å². The Morgan fingerprint density at radius 3 is 2.34 bits per heavy atom. The zero-order chi connectivity index (χ0) is 22.8. The van der Waals surface area contributed by atoms with Gasteiger partial charge < -0.3 is 15.0 Å². The van der Waals surface area contributed by atoms with E-state index in [9.17, 15) is 10.1 Å². The molecule has 0 fully saturated rings. The Morgan fingerprint density at radius 1 is 0.938 bits per heavy atom. The molecule has 0 aliphatic rings. The summed E-state index contributed by atoms with van der Waals surface area (Å²) in [5.74, 6) is 0.592. The van der Waals surface area contributed by atoms with Crippen LogP contribution in [-0.2, 0) is 6.54 Å². The molecular formula is C27H29N3O2. The second kappa shape index (κ2) is 11.7. The maximum Gasteiger partial charge on any atom is 0.252 e. The van der Waals surface area contributed by atoms with Crippen molar-refractivity contribution in [1.29, 1.82) is 5.26 Å². The van der Waals surface area contributed by atoms with E-state index in [-0.39, 0.29) is 5.91 Å². The number of nitriles is 1. The van der Waals surface area contributed by atoms with Crippen LogP contribution in [0.1, 0.15) is 35.3 Å². The molecule has 3 rings (SSSR count). The summed E-state index contributed by atoms with van der Waals surface area (Å²) in [6, 6.07) is 24.7. The molecular weight excluding hydrogens is 398 g/mol. The summed E-state index contributed by atoms with van der Waals surface area (Å²) in [4.78, 5) is 15.4. The lowest BCUT2D eigenvalue weighted by atomic mass is 9.95. The smallest absolute Gasteiger partial charge is 0.252 e. The van der Waals surface area contributed by atoms with Crippen LogP contribution < -0.4 is 10.1 Å². The average Bonchev–Trinajstić information content (AvgIpc) is 2.85. The first-order valence-electron chi connectivity index (χ1n) is 11.0. The maximum atomic E-state index is 13.1. The fourth-order valence-corrected chi connectivity index (χ4v) is 3.62. The van der Waals surface area contributed by atoms with Crippen LogP contribution >= 0.6 is 0 Å². The van der Waals surface area contributed by atoms with Gasteiger partial charge in [0, 0.05) is 29.8 Å². The number of nitrogens with one attached hydrogen (secondary N) is 1. The summed E-state index contributed by atoms with van der Waals surface area (Å²) in [7, 11) is 0. The first kappa shape index (κ1) is 23.1. The van der Waals surface area contributed by atoms with E-state index < -0.39 is 0 Å². The van der Waals surface area contributed by atoms with Gasteiger partial charge in [0.1, 0.15) is 12.4 Å². The summed E-state index contributed by atoms with van der Waals surface area (Å²) in [6.07, 6.45) is 0. The molecule has 0 spiro atoms. The highest BCUT2D eigenvalue weighted by molar-refractivity contribution is 6.01. The van der Waals surface area contributed by atoms with Gasteiger partial charge in [-0.05, 0) is 36.9 Å². The van der Waals surface area contributed by atoms with E-state index in [0.717, 1.165) is 42.1 Å². The number of likely N-dealkylation sites (N-methyl/N-ethyl adjacent to an activating group) is 1. The molecule has 0 bridgehead atoms. The standard InChI is InChI=1S/C27H29N3O2/c1-3-30(4-2)17-18-32-26-16-10-6-12-22(26)20-29-27(31)25-15-9-8-14-24(25)23-13-7-5-11-21(23)19-28/h5-16H,3-4,17-18,20H2,1-2H3,(H,29,31). The monoisotopic (exact) mass is 427 g/mol. The Bertz CT molecular complexity index is 1080. The molecule has 1 N–H and O–H groups in total. The van der Waals surface area contributed by atoms with Crippen molar-refractivity contribution in [2.75, 3.05) is 26.2 Å². The van der Waals surface area contributed by atoms with Crippen LogP contribution in [0.25, 0.3) is 11.1 Å². The van der Waals surface area contributed by atoms with Gasteiger partial charge in [-0.25, -0.2) is 0 Å². The Balaban J connectivity index is 1.72. The second-order valence-electron chi connectivity index (χ2n) is 7.37. The summed E-state index contributed by atoms with van der Waals surface area (Å²) in [6.45, 7) is 8.08. The number of ether oxygens (including phenoxy) is 1. The van der Waals surface area contributed by atoms with E-state index in [1.54, 1.807) is 12.1 Å². The number of nitrogens with zero attached hydrogens (tertiary/aromatic N) is 2. The van der Waals surface area contributed by atoms with Crippen LogP contribution in [0.3, 0.4) is 0 Å². The van der Waals surface area contributed by atoms with E-state index in [1.807, 2.05) is 60.7 Å². The molecule has 3 aromatic carbocycles. The lowest BCUT2D eigenvalue weighted by Crippen LogP contribution is -2.28. The van der Waals surface area contributed by atoms with E-state index in [1.165, 1.54) is 0 Å². The molecule has 0 aliphatic heterocycles. The van der Waals surface area contributed by atoms with E-state index >= 15 is 0 Å². The number of hydrogen-bond donors (Lipinski definition) is 1. The molecule has 5 nitrogen and oxygen atoms in total. The van der Waals surface area contributed by atoms with Crippen LogP contribution in [0, 0.1) is 11.3 Å². The maximum absolute atomic E-state index is 13.1. The Kier molecular flexibility index (Phi) is 8.42. The number of carbonyl (C=O) groups is 1. The summed E-state index contributed by atoms with van der Waals surface area (Å²) >= 11 is 0. The van der Waals surface area contributed by atoms with Gasteiger partial charge in [0.2, 0.25) is 0 Å². The summed E-state index contributed by atoms with van der Waals surface area (Å²) in [5.41, 5.74) is 3.50. The second-order valence-corrected chi connectivity index (χ2v) is 7.37. The fraction of sp³-hybridized carbons (Fsp3) is 0.259. The highest BCUT2D eigenvalue weighted by Crippen LogP contribution is 2.27. The first-order valence-corrected chi connectivity index (χ1v) is 11.0. The molecule has 0 aromatic heterocycles. The lowest BCUT2D eigenvalue weighted by Gasteiger charge is -2.19. The van der Waals surface area contributed by atoms with Gasteiger partial charge in [0.15, 0.2) is 0 Å². The highest BCUT2D eigenvalue weighted by Gasteiger charge is 2.15. The minimum atomic E-state index is -0.189. The molecule has 0 saturated heterocycles. The van der Waals surface area contributed by atoms with Crippen molar-refractivity contribution in [2.24, 2.45) is 0 Å². The van der Waals surface area contributed by atoms with Crippen molar-refractivity contribution in [1.82, 2.24) is 10.2 Å². The molecule has 1 amide bonds. The van der Waals surface area contributed by atoms with Gasteiger partial charge in [-0.2, -0.15) is 5.26 Å². The topological polar surface area (TPSA) is 65.4 Å². The van der Waals surface area contributed by atoms with E-state index in [4.69, 9.17) is 4.74 Å². The number of amides is 1. The molecule has 164 valence electrons.